The number of benzene rings is 2. The Hall–Kier alpha value is -3.35. The van der Waals surface area contributed by atoms with Crippen LogP contribution in [0.1, 0.15) is 57.1 Å². The summed E-state index contributed by atoms with van der Waals surface area (Å²) in [5.41, 5.74) is 3.57. The molecule has 1 saturated carbocycles. The van der Waals surface area contributed by atoms with Crippen LogP contribution in [0, 0.1) is 10.8 Å². The molecule has 0 spiro atoms. The maximum atomic E-state index is 12.8. The zero-order valence-electron chi connectivity index (χ0n) is 19.9. The Kier molecular flexibility index (Phi) is 6.39. The first-order valence-corrected chi connectivity index (χ1v) is 11.7. The molecule has 0 aromatic heterocycles. The van der Waals surface area contributed by atoms with Crippen LogP contribution in [0.15, 0.2) is 48.5 Å². The van der Waals surface area contributed by atoms with Gasteiger partial charge in [0, 0.05) is 12.5 Å². The van der Waals surface area contributed by atoms with Crippen LogP contribution in [0.25, 0.3) is 11.1 Å². The van der Waals surface area contributed by atoms with Crippen molar-refractivity contribution in [1.82, 2.24) is 10.6 Å². The molecule has 2 amide bonds. The minimum atomic E-state index is -1.05. The maximum absolute atomic E-state index is 12.8. The van der Waals surface area contributed by atoms with Crippen molar-refractivity contribution in [3.05, 3.63) is 59.7 Å². The zero-order valence-corrected chi connectivity index (χ0v) is 19.9. The van der Waals surface area contributed by atoms with Gasteiger partial charge in [-0.1, -0.05) is 69.3 Å². The number of hydrogen-bond acceptors (Lipinski definition) is 4. The van der Waals surface area contributed by atoms with Gasteiger partial charge in [-0.25, -0.2) is 9.59 Å². The lowest BCUT2D eigenvalue weighted by molar-refractivity contribution is -0.143. The van der Waals surface area contributed by atoms with E-state index in [1.807, 2.05) is 45.0 Å². The van der Waals surface area contributed by atoms with Crippen LogP contribution in [-0.2, 0) is 14.3 Å². The second kappa shape index (κ2) is 9.12. The van der Waals surface area contributed by atoms with E-state index in [0.29, 0.717) is 19.3 Å². The molecule has 0 saturated heterocycles. The lowest BCUT2D eigenvalue weighted by Gasteiger charge is -2.26. The average molecular weight is 465 g/mol. The summed E-state index contributed by atoms with van der Waals surface area (Å²) in [5.74, 6) is -1.42. The quantitative estimate of drug-likeness (QED) is 0.540. The van der Waals surface area contributed by atoms with Gasteiger partial charge in [-0.05, 0) is 46.9 Å². The summed E-state index contributed by atoms with van der Waals surface area (Å²) >= 11 is 0. The van der Waals surface area contributed by atoms with Gasteiger partial charge in [0.05, 0.1) is 5.41 Å². The Morgan fingerprint density at radius 2 is 1.59 bits per heavy atom. The maximum Gasteiger partial charge on any atom is 0.407 e. The van der Waals surface area contributed by atoms with E-state index in [9.17, 15) is 19.5 Å². The summed E-state index contributed by atoms with van der Waals surface area (Å²) in [7, 11) is 0. The second-order valence-corrected chi connectivity index (χ2v) is 10.6. The molecule has 2 aromatic rings. The highest BCUT2D eigenvalue weighted by atomic mass is 16.5. The first-order valence-electron chi connectivity index (χ1n) is 11.7. The van der Waals surface area contributed by atoms with E-state index in [2.05, 4.69) is 34.9 Å². The first kappa shape index (κ1) is 23.8. The van der Waals surface area contributed by atoms with Crippen LogP contribution in [0.5, 0.6) is 0 Å². The van der Waals surface area contributed by atoms with Crippen molar-refractivity contribution in [3.63, 3.8) is 0 Å². The monoisotopic (exact) mass is 464 g/mol. The summed E-state index contributed by atoms with van der Waals surface area (Å²) in [6.45, 7) is 6.12. The van der Waals surface area contributed by atoms with E-state index in [-0.39, 0.29) is 30.4 Å². The van der Waals surface area contributed by atoms with Crippen molar-refractivity contribution in [2.45, 2.75) is 52.0 Å². The fourth-order valence-electron chi connectivity index (χ4n) is 4.65. The van der Waals surface area contributed by atoms with Crippen molar-refractivity contribution in [1.29, 1.82) is 0 Å². The Bertz CT molecular complexity index is 1050. The highest BCUT2D eigenvalue weighted by molar-refractivity contribution is 5.90. The molecule has 1 atom stereocenters. The van der Waals surface area contributed by atoms with E-state index in [0.717, 1.165) is 22.3 Å². The molecule has 34 heavy (non-hydrogen) atoms. The topological polar surface area (TPSA) is 105 Å². The summed E-state index contributed by atoms with van der Waals surface area (Å²) < 4.78 is 5.55. The fourth-order valence-corrected chi connectivity index (χ4v) is 4.65. The Morgan fingerprint density at radius 1 is 1.03 bits per heavy atom. The average Bonchev–Trinajstić information content (AvgIpc) is 3.52. The third-order valence-corrected chi connectivity index (χ3v) is 6.67. The number of carbonyl (C=O) groups is 3. The molecule has 0 bridgehead atoms. The molecule has 7 nitrogen and oxygen atoms in total. The van der Waals surface area contributed by atoms with Gasteiger partial charge in [-0.15, -0.1) is 0 Å². The molecule has 3 N–H and O–H groups in total. The zero-order chi connectivity index (χ0) is 24.5. The standard InChI is InChI=1S/C27H32N2O5/c1-26(2,3)14-22(23(30)31)29-24(32)27(12-13-27)16-28-25(33)34-15-21-19-10-6-4-8-17(19)18-9-5-7-11-20(18)21/h4-11,21-22H,12-16H2,1-3H3,(H,28,33)(H,29,32)(H,30,31). The highest BCUT2D eigenvalue weighted by Gasteiger charge is 2.51. The van der Waals surface area contributed by atoms with Crippen LogP contribution < -0.4 is 10.6 Å². The SMILES string of the molecule is CC(C)(C)CC(NC(=O)C1(CNC(=O)OCC2c3ccccc3-c3ccccc32)CC1)C(=O)O. The summed E-state index contributed by atoms with van der Waals surface area (Å²) in [4.78, 5) is 36.9. The summed E-state index contributed by atoms with van der Waals surface area (Å²) in [6.07, 6.45) is 0.948. The van der Waals surface area contributed by atoms with E-state index in [4.69, 9.17) is 4.74 Å². The van der Waals surface area contributed by atoms with Gasteiger partial charge in [0.15, 0.2) is 0 Å². The fraction of sp³-hybridized carbons (Fsp3) is 0.444. The van der Waals surface area contributed by atoms with E-state index in [1.165, 1.54) is 0 Å². The Morgan fingerprint density at radius 3 is 2.09 bits per heavy atom. The molecular weight excluding hydrogens is 432 g/mol. The third-order valence-electron chi connectivity index (χ3n) is 6.67. The lowest BCUT2D eigenvalue weighted by atomic mass is 9.88. The predicted molar refractivity (Wildman–Crippen MR) is 128 cm³/mol. The highest BCUT2D eigenvalue weighted by Crippen LogP contribution is 2.46. The number of alkyl carbamates (subject to hydrolysis) is 1. The molecular formula is C27H32N2O5. The van der Waals surface area contributed by atoms with E-state index in [1.54, 1.807) is 0 Å². The van der Waals surface area contributed by atoms with Gasteiger partial charge in [0.2, 0.25) is 5.91 Å². The molecule has 2 aliphatic rings. The van der Waals surface area contributed by atoms with Gasteiger partial charge in [0.25, 0.3) is 0 Å². The molecule has 2 aliphatic carbocycles. The van der Waals surface area contributed by atoms with Crippen molar-refractivity contribution < 1.29 is 24.2 Å². The van der Waals surface area contributed by atoms with Gasteiger partial charge in [-0.3, -0.25) is 4.79 Å². The smallest absolute Gasteiger partial charge is 0.407 e. The summed E-state index contributed by atoms with van der Waals surface area (Å²) in [5, 5.41) is 14.9. The normalized spacial score (nSPS) is 16.7. The van der Waals surface area contributed by atoms with E-state index < -0.39 is 23.5 Å². The molecule has 2 aromatic carbocycles. The van der Waals surface area contributed by atoms with Gasteiger partial charge in [0.1, 0.15) is 12.6 Å². The lowest BCUT2D eigenvalue weighted by Crippen LogP contribution is -2.48. The van der Waals surface area contributed by atoms with Crippen molar-refractivity contribution in [3.8, 4) is 11.1 Å². The molecule has 0 heterocycles. The number of amides is 2. The first-order chi connectivity index (χ1) is 16.1. The number of hydrogen-bond donors (Lipinski definition) is 3. The minimum absolute atomic E-state index is 0.0370. The second-order valence-electron chi connectivity index (χ2n) is 10.6. The Labute approximate surface area is 199 Å². The molecule has 180 valence electrons. The number of aliphatic carboxylic acids is 1. The molecule has 1 unspecified atom stereocenters. The van der Waals surface area contributed by atoms with Crippen LogP contribution in [0.4, 0.5) is 4.79 Å². The molecule has 4 rings (SSSR count). The van der Waals surface area contributed by atoms with Crippen molar-refractivity contribution >= 4 is 18.0 Å². The number of carbonyl (C=O) groups excluding carboxylic acids is 2. The van der Waals surface area contributed by atoms with Crippen LogP contribution in [-0.4, -0.2) is 42.3 Å². The molecule has 1 fully saturated rings. The van der Waals surface area contributed by atoms with Gasteiger partial charge < -0.3 is 20.5 Å². The van der Waals surface area contributed by atoms with Crippen LogP contribution >= 0.6 is 0 Å². The van der Waals surface area contributed by atoms with Gasteiger partial charge in [-0.2, -0.15) is 0 Å². The van der Waals surface area contributed by atoms with Crippen LogP contribution in [0.2, 0.25) is 0 Å². The van der Waals surface area contributed by atoms with Gasteiger partial charge >= 0.3 is 12.1 Å². The number of rotatable bonds is 8. The summed E-state index contributed by atoms with van der Waals surface area (Å²) in [6, 6.07) is 15.3. The predicted octanol–water partition coefficient (Wildman–Crippen LogP) is 4.31. The van der Waals surface area contributed by atoms with Crippen molar-refractivity contribution in [2.24, 2.45) is 10.8 Å². The number of nitrogens with one attached hydrogen (secondary N) is 2. The largest absolute Gasteiger partial charge is 0.480 e. The Balaban J connectivity index is 1.32. The van der Waals surface area contributed by atoms with Crippen molar-refractivity contribution in [2.75, 3.05) is 13.2 Å². The van der Waals surface area contributed by atoms with E-state index >= 15 is 0 Å². The number of carboxylic acid groups (broad SMARTS) is 1. The third kappa shape index (κ3) is 5.08. The van der Waals surface area contributed by atoms with Crippen LogP contribution in [0.3, 0.4) is 0 Å². The number of ether oxygens (including phenoxy) is 1. The molecule has 7 heteroatoms. The number of fused-ring (bicyclic) bond motifs is 3. The molecule has 0 radical (unpaired) electrons. The molecule has 0 aliphatic heterocycles. The minimum Gasteiger partial charge on any atom is -0.480 e. The number of carboxylic acids is 1.